The summed E-state index contributed by atoms with van der Waals surface area (Å²) in [5.41, 5.74) is 1.95. The van der Waals surface area contributed by atoms with Gasteiger partial charge in [-0.15, -0.1) is 0 Å². The summed E-state index contributed by atoms with van der Waals surface area (Å²) < 4.78 is 0. The third-order valence-electron chi connectivity index (χ3n) is 6.15. The monoisotopic (exact) mass is 485 g/mol. The van der Waals surface area contributed by atoms with Crippen LogP contribution >= 0.6 is 0 Å². The smallest absolute Gasteiger partial charge is 0.227 e. The van der Waals surface area contributed by atoms with Crippen molar-refractivity contribution in [2.75, 3.05) is 13.6 Å². The van der Waals surface area contributed by atoms with Crippen LogP contribution in [0.4, 0.5) is 0 Å². The van der Waals surface area contributed by atoms with Crippen LogP contribution in [0.25, 0.3) is 22.0 Å². The normalized spacial score (nSPS) is 11.8. The quantitative estimate of drug-likeness (QED) is 0.264. The second-order valence-electron chi connectivity index (χ2n) is 8.74. The molecule has 4 rings (SSSR count). The average molecular weight is 486 g/mol. The van der Waals surface area contributed by atoms with Crippen molar-refractivity contribution in [1.82, 2.24) is 35.6 Å². The van der Waals surface area contributed by atoms with Crippen LogP contribution in [0.2, 0.25) is 0 Å². The van der Waals surface area contributed by atoms with Crippen LogP contribution in [0.15, 0.2) is 61.3 Å². The van der Waals surface area contributed by atoms with E-state index in [1.54, 1.807) is 31.7 Å². The Kier molecular flexibility index (Phi) is 8.69. The fourth-order valence-electron chi connectivity index (χ4n) is 4.12. The number of H-pyrrole nitrogens is 1. The van der Waals surface area contributed by atoms with Crippen molar-refractivity contribution in [2.45, 2.75) is 44.4 Å². The molecule has 0 fully saturated rings. The van der Waals surface area contributed by atoms with Gasteiger partial charge in [-0.2, -0.15) is 0 Å². The molecular weight excluding hydrogens is 454 g/mol. The topological polar surface area (TPSA) is 126 Å². The van der Waals surface area contributed by atoms with E-state index in [2.05, 4.69) is 53.8 Å². The van der Waals surface area contributed by atoms with Gasteiger partial charge in [0.2, 0.25) is 11.8 Å². The Morgan fingerprint density at radius 2 is 1.81 bits per heavy atom. The van der Waals surface area contributed by atoms with Crippen LogP contribution in [0.5, 0.6) is 0 Å². The third kappa shape index (κ3) is 6.94. The van der Waals surface area contributed by atoms with Crippen molar-refractivity contribution < 1.29 is 9.59 Å². The van der Waals surface area contributed by atoms with Crippen molar-refractivity contribution >= 4 is 22.6 Å². The number of aromatic nitrogens is 5. The Balaban J connectivity index is 1.42. The predicted molar refractivity (Wildman–Crippen MR) is 138 cm³/mol. The molecular formula is C27H31N7O2. The van der Waals surface area contributed by atoms with Gasteiger partial charge in [0.1, 0.15) is 11.6 Å². The molecule has 2 amide bonds. The van der Waals surface area contributed by atoms with Crippen LogP contribution in [0.1, 0.15) is 49.7 Å². The van der Waals surface area contributed by atoms with Gasteiger partial charge in [-0.25, -0.2) is 15.0 Å². The first-order chi connectivity index (χ1) is 17.6. The summed E-state index contributed by atoms with van der Waals surface area (Å²) in [6.07, 6.45) is 12.9. The molecule has 0 saturated heterocycles. The molecule has 0 spiro atoms. The Labute approximate surface area is 210 Å². The predicted octanol–water partition coefficient (Wildman–Crippen LogP) is 3.55. The number of unbranched alkanes of at least 4 members (excludes halogenated alkanes) is 2. The minimum Gasteiger partial charge on any atom is -0.359 e. The average Bonchev–Trinajstić information content (AvgIpc) is 3.40. The van der Waals surface area contributed by atoms with E-state index in [9.17, 15) is 9.59 Å². The van der Waals surface area contributed by atoms with E-state index in [0.29, 0.717) is 18.8 Å². The SMILES string of the molecule is CNC(=O)CCCCCC(CNC(=O)Cc1ncccn1)c1ncc(-c2ccc3ccncc3c2)[nH]1. The molecule has 1 unspecified atom stereocenters. The largest absolute Gasteiger partial charge is 0.359 e. The Morgan fingerprint density at radius 1 is 0.944 bits per heavy atom. The van der Waals surface area contributed by atoms with Crippen molar-refractivity contribution in [3.63, 3.8) is 0 Å². The highest BCUT2D eigenvalue weighted by molar-refractivity contribution is 5.86. The number of amides is 2. The van der Waals surface area contributed by atoms with E-state index in [4.69, 9.17) is 0 Å². The third-order valence-corrected chi connectivity index (χ3v) is 6.15. The van der Waals surface area contributed by atoms with Crippen LogP contribution in [0, 0.1) is 0 Å². The van der Waals surface area contributed by atoms with Gasteiger partial charge in [0.25, 0.3) is 0 Å². The molecule has 36 heavy (non-hydrogen) atoms. The summed E-state index contributed by atoms with van der Waals surface area (Å²) in [5, 5.41) is 7.87. The molecule has 4 aromatic rings. The molecule has 0 radical (unpaired) electrons. The lowest BCUT2D eigenvalue weighted by Gasteiger charge is -2.16. The summed E-state index contributed by atoms with van der Waals surface area (Å²) in [5.74, 6) is 1.27. The summed E-state index contributed by atoms with van der Waals surface area (Å²) >= 11 is 0. The lowest BCUT2D eigenvalue weighted by atomic mass is 9.99. The van der Waals surface area contributed by atoms with Gasteiger partial charge in [0, 0.05) is 61.7 Å². The number of fused-ring (bicyclic) bond motifs is 1. The molecule has 0 aliphatic carbocycles. The first kappa shape index (κ1) is 25.0. The number of carbonyl (C=O) groups is 2. The minimum atomic E-state index is -0.125. The van der Waals surface area contributed by atoms with Gasteiger partial charge in [-0.05, 0) is 36.4 Å². The first-order valence-electron chi connectivity index (χ1n) is 12.2. The molecule has 186 valence electrons. The van der Waals surface area contributed by atoms with Crippen LogP contribution < -0.4 is 10.6 Å². The van der Waals surface area contributed by atoms with Gasteiger partial charge in [0.15, 0.2) is 0 Å². The summed E-state index contributed by atoms with van der Waals surface area (Å²) in [7, 11) is 1.65. The number of pyridine rings is 1. The lowest BCUT2D eigenvalue weighted by Crippen LogP contribution is -2.30. The Hall–Kier alpha value is -4.14. The molecule has 9 heteroatoms. The van der Waals surface area contributed by atoms with Crippen molar-refractivity contribution in [2.24, 2.45) is 0 Å². The van der Waals surface area contributed by atoms with E-state index in [1.165, 1.54) is 0 Å². The number of rotatable bonds is 12. The number of hydrogen-bond acceptors (Lipinski definition) is 6. The summed E-state index contributed by atoms with van der Waals surface area (Å²) in [4.78, 5) is 44.6. The second-order valence-corrected chi connectivity index (χ2v) is 8.74. The van der Waals surface area contributed by atoms with E-state index >= 15 is 0 Å². The van der Waals surface area contributed by atoms with E-state index in [-0.39, 0.29) is 24.2 Å². The van der Waals surface area contributed by atoms with Crippen LogP contribution in [-0.2, 0) is 16.0 Å². The molecule has 0 aliphatic heterocycles. The highest BCUT2D eigenvalue weighted by Crippen LogP contribution is 2.26. The minimum absolute atomic E-state index is 0.0153. The molecule has 3 aromatic heterocycles. The summed E-state index contributed by atoms with van der Waals surface area (Å²) in [6, 6.07) is 9.94. The van der Waals surface area contributed by atoms with Gasteiger partial charge < -0.3 is 15.6 Å². The number of carbonyl (C=O) groups excluding carboxylic acids is 2. The maximum absolute atomic E-state index is 12.5. The van der Waals surface area contributed by atoms with Crippen molar-refractivity contribution in [1.29, 1.82) is 0 Å². The number of imidazole rings is 1. The maximum atomic E-state index is 12.5. The van der Waals surface area contributed by atoms with Gasteiger partial charge in [-0.3, -0.25) is 14.6 Å². The van der Waals surface area contributed by atoms with Crippen molar-refractivity contribution in [3.8, 4) is 11.3 Å². The number of nitrogens with one attached hydrogen (secondary N) is 3. The maximum Gasteiger partial charge on any atom is 0.227 e. The Morgan fingerprint density at radius 3 is 2.64 bits per heavy atom. The zero-order chi connectivity index (χ0) is 25.2. The van der Waals surface area contributed by atoms with E-state index in [1.807, 2.05) is 18.5 Å². The highest BCUT2D eigenvalue weighted by atomic mass is 16.2. The van der Waals surface area contributed by atoms with Crippen LogP contribution in [0.3, 0.4) is 0 Å². The van der Waals surface area contributed by atoms with Gasteiger partial charge in [-0.1, -0.05) is 25.0 Å². The molecule has 1 atom stereocenters. The molecule has 0 saturated carbocycles. The zero-order valence-corrected chi connectivity index (χ0v) is 20.4. The van der Waals surface area contributed by atoms with E-state index in [0.717, 1.165) is 53.5 Å². The number of benzene rings is 1. The van der Waals surface area contributed by atoms with Crippen molar-refractivity contribution in [3.05, 3.63) is 73.0 Å². The molecule has 1 aromatic carbocycles. The van der Waals surface area contributed by atoms with E-state index < -0.39 is 0 Å². The van der Waals surface area contributed by atoms with Gasteiger partial charge >= 0.3 is 0 Å². The molecule has 0 aliphatic rings. The Bertz CT molecular complexity index is 1290. The second kappa shape index (κ2) is 12.5. The highest BCUT2D eigenvalue weighted by Gasteiger charge is 2.18. The molecule has 0 bridgehead atoms. The van der Waals surface area contributed by atoms with Crippen LogP contribution in [-0.4, -0.2) is 50.3 Å². The number of nitrogens with zero attached hydrogens (tertiary/aromatic N) is 4. The summed E-state index contributed by atoms with van der Waals surface area (Å²) in [6.45, 7) is 0.454. The molecule has 9 nitrogen and oxygen atoms in total. The molecule has 3 heterocycles. The fourth-order valence-corrected chi connectivity index (χ4v) is 4.12. The first-order valence-corrected chi connectivity index (χ1v) is 12.2. The molecule has 3 N–H and O–H groups in total. The fraction of sp³-hybridized carbons (Fsp3) is 0.333. The standard InChI is InChI=1S/C27H31N7O2/c1-28-25(35)7-4-2-3-6-21(17-32-26(36)15-24-30-11-5-12-31-24)27-33-18-23(34-27)20-9-8-19-10-13-29-16-22(19)14-20/h5,8-14,16,18,21H,2-4,6-7,15,17H2,1H3,(H,28,35)(H,32,36)(H,33,34). The van der Waals surface area contributed by atoms with Gasteiger partial charge in [0.05, 0.1) is 18.3 Å². The lowest BCUT2D eigenvalue weighted by molar-refractivity contribution is -0.121. The number of hydrogen-bond donors (Lipinski definition) is 3. The zero-order valence-electron chi connectivity index (χ0n) is 20.4. The number of aromatic amines is 1.